The van der Waals surface area contributed by atoms with Crippen LogP contribution in [0.15, 0.2) is 478 Å². The van der Waals surface area contributed by atoms with Crippen LogP contribution in [0.2, 0.25) is 0 Å². The van der Waals surface area contributed by atoms with Crippen LogP contribution in [0.4, 0.5) is 0 Å². The molecule has 0 atom stereocenters. The summed E-state index contributed by atoms with van der Waals surface area (Å²) >= 11 is 1.83. The maximum Gasteiger partial charge on any atom is 0.164 e. The molecule has 4 heterocycles. The van der Waals surface area contributed by atoms with Gasteiger partial charge in [-0.25, -0.2) is 29.9 Å². The number of furan rings is 1. The molecular formula is C122H78N6OS. The van der Waals surface area contributed by atoms with Crippen molar-refractivity contribution in [3.63, 3.8) is 0 Å². The lowest BCUT2D eigenvalue weighted by Gasteiger charge is -2.34. The van der Waals surface area contributed by atoms with Gasteiger partial charge in [0, 0.05) is 64.3 Å². The number of hydrogen-bond acceptors (Lipinski definition) is 8. The molecule has 130 heavy (non-hydrogen) atoms. The van der Waals surface area contributed by atoms with E-state index in [-0.39, 0.29) is 0 Å². The summed E-state index contributed by atoms with van der Waals surface area (Å²) in [4.78, 5) is 31.4. The van der Waals surface area contributed by atoms with Gasteiger partial charge in [-0.1, -0.05) is 419 Å². The topological polar surface area (TPSA) is 90.5 Å². The number of hydrogen-bond donors (Lipinski definition) is 0. The van der Waals surface area contributed by atoms with Crippen molar-refractivity contribution < 1.29 is 4.42 Å². The van der Waals surface area contributed by atoms with E-state index in [4.69, 9.17) is 34.3 Å². The Hall–Kier alpha value is -16.8. The molecule has 0 fully saturated rings. The highest BCUT2D eigenvalue weighted by Crippen LogP contribution is 2.59. The van der Waals surface area contributed by atoms with Gasteiger partial charge in [0.05, 0.1) is 10.8 Å². The summed E-state index contributed by atoms with van der Waals surface area (Å²) in [7, 11) is 0. The van der Waals surface area contributed by atoms with Gasteiger partial charge in [-0.2, -0.15) is 0 Å². The quantitative estimate of drug-likeness (QED) is 0.101. The van der Waals surface area contributed by atoms with Gasteiger partial charge in [-0.15, -0.1) is 11.3 Å². The minimum Gasteiger partial charge on any atom is -0.456 e. The van der Waals surface area contributed by atoms with Crippen LogP contribution in [0.25, 0.3) is 188 Å². The number of thiophene rings is 1. The van der Waals surface area contributed by atoms with Crippen molar-refractivity contribution >= 4 is 53.4 Å². The van der Waals surface area contributed by atoms with Crippen molar-refractivity contribution in [2.45, 2.75) is 10.8 Å². The molecule has 0 bridgehead atoms. The van der Waals surface area contributed by atoms with E-state index in [0.717, 1.165) is 111 Å². The average molecular weight is 1680 g/mol. The Morgan fingerprint density at radius 3 is 0.923 bits per heavy atom. The van der Waals surface area contributed by atoms with Crippen LogP contribution in [-0.2, 0) is 10.8 Å². The normalized spacial score (nSPS) is 12.6. The maximum absolute atomic E-state index is 6.92. The van der Waals surface area contributed by atoms with E-state index < -0.39 is 10.8 Å². The molecule has 0 spiro atoms. The van der Waals surface area contributed by atoms with Crippen molar-refractivity contribution in [3.05, 3.63) is 518 Å². The first-order valence-electron chi connectivity index (χ1n) is 44.1. The Labute approximate surface area is 757 Å². The van der Waals surface area contributed by atoms with Crippen LogP contribution in [0.1, 0.15) is 44.5 Å². The lowest BCUT2D eigenvalue weighted by atomic mass is 9.67. The molecule has 0 radical (unpaired) electrons. The van der Waals surface area contributed by atoms with Crippen molar-refractivity contribution in [2.75, 3.05) is 0 Å². The Morgan fingerprint density at radius 1 is 0.169 bits per heavy atom. The summed E-state index contributed by atoms with van der Waals surface area (Å²) in [5, 5.41) is 4.51. The summed E-state index contributed by atoms with van der Waals surface area (Å²) < 4.78 is 9.39. The first kappa shape index (κ1) is 76.8. The van der Waals surface area contributed by atoms with E-state index in [1.54, 1.807) is 0 Å². The molecule has 2 aliphatic carbocycles. The first-order chi connectivity index (χ1) is 64.4. The summed E-state index contributed by atoms with van der Waals surface area (Å²) in [6, 6.07) is 169. The molecule has 0 aliphatic heterocycles. The van der Waals surface area contributed by atoms with Crippen molar-refractivity contribution in [1.29, 1.82) is 0 Å². The van der Waals surface area contributed by atoms with Gasteiger partial charge >= 0.3 is 0 Å². The standard InChI is InChI=1S/C64H41N3O.C58H37N3S/c1-4-18-42(19-5-1)44-34-36-45(37-35-44)61-65-62(47-23-16-22-46(40-47)43-20-6-2-7-21-43)67-63(66-61)54-29-11-10-26-50(54)53-30-17-33-58-60(53)55-39-38-49(41-59(55)68-58)64(48-24-8-3-9-25-48)56-31-14-12-27-51(56)52-28-13-15-32-57(52)64;1-4-15-38(16-5-1)40-27-29-41(30-28-40)55-59-56(43-20-14-19-42(35-43)39-17-6-2-7-18-39)61-57(60-55)44-31-33-53-49(36-44)50-37-46(32-34-54(50)62-53)58(45-21-8-3-9-22-45)51-25-12-10-23-47(51)48-24-11-13-26-52(48)58/h1-41H;1-37H. The number of rotatable bonds is 15. The van der Waals surface area contributed by atoms with Crippen molar-refractivity contribution in [2.24, 2.45) is 0 Å². The highest BCUT2D eigenvalue weighted by atomic mass is 32.1. The maximum atomic E-state index is 6.92. The molecule has 2 aliphatic rings. The Morgan fingerprint density at radius 2 is 0.469 bits per heavy atom. The lowest BCUT2D eigenvalue weighted by molar-refractivity contribution is 0.665. The fourth-order valence-electron chi connectivity index (χ4n) is 20.1. The van der Waals surface area contributed by atoms with Gasteiger partial charge in [0.2, 0.25) is 0 Å². The van der Waals surface area contributed by atoms with Crippen LogP contribution in [0.3, 0.4) is 0 Å². The highest BCUT2D eigenvalue weighted by Gasteiger charge is 2.48. The van der Waals surface area contributed by atoms with Crippen LogP contribution < -0.4 is 0 Å². The molecular weight excluding hydrogens is 1600 g/mol. The largest absolute Gasteiger partial charge is 0.456 e. The second-order valence-electron chi connectivity index (χ2n) is 33.4. The van der Waals surface area contributed by atoms with E-state index in [2.05, 4.69) is 449 Å². The fraction of sp³-hybridized carbons (Fsp3) is 0.0164. The SMILES string of the molecule is c1ccc(-c2ccc(-c3nc(-c4cccc(-c5ccccc5)c4)nc(-c4ccc5sc6ccc(C7(c8ccccc8)c8ccccc8-c8ccccc87)cc6c5c4)n3)cc2)cc1.c1ccc(-c2ccc(-c3nc(-c4cccc(-c5ccccc5)c4)nc(-c4ccccc4-c4cccc5oc6cc(C7(c8ccccc8)c8ccccc8-c8ccccc87)ccc6c45)n3)cc2)cc1. The molecule has 8 heteroatoms. The molecule has 19 aromatic carbocycles. The Kier molecular flexibility index (Phi) is 19.1. The van der Waals surface area contributed by atoms with Gasteiger partial charge in [-0.05, 0) is 177 Å². The average Bonchev–Trinajstić information content (AvgIpc) is 1.54. The van der Waals surface area contributed by atoms with Crippen LogP contribution in [0, 0.1) is 0 Å². The summed E-state index contributed by atoms with van der Waals surface area (Å²) in [6.07, 6.45) is 0. The third kappa shape index (κ3) is 13.3. The Bertz CT molecular complexity index is 8170. The zero-order chi connectivity index (χ0) is 86.1. The van der Waals surface area contributed by atoms with Crippen LogP contribution in [0.5, 0.6) is 0 Å². The van der Waals surface area contributed by atoms with E-state index in [0.29, 0.717) is 34.9 Å². The number of nitrogens with zero attached hydrogens (tertiary/aromatic N) is 6. The molecule has 608 valence electrons. The van der Waals surface area contributed by atoms with E-state index >= 15 is 0 Å². The monoisotopic (exact) mass is 1670 g/mol. The van der Waals surface area contributed by atoms with Crippen LogP contribution in [-0.4, -0.2) is 29.9 Å². The van der Waals surface area contributed by atoms with Gasteiger partial charge < -0.3 is 4.42 Å². The zero-order valence-electron chi connectivity index (χ0n) is 70.5. The molecule has 0 saturated carbocycles. The molecule has 0 amide bonds. The van der Waals surface area contributed by atoms with E-state index in [1.807, 2.05) is 35.6 Å². The summed E-state index contributed by atoms with van der Waals surface area (Å²) in [6.45, 7) is 0. The number of fused-ring (bicyclic) bond motifs is 12. The fourth-order valence-corrected chi connectivity index (χ4v) is 21.2. The molecule has 25 rings (SSSR count). The number of aromatic nitrogens is 6. The van der Waals surface area contributed by atoms with Gasteiger partial charge in [0.25, 0.3) is 0 Å². The second-order valence-corrected chi connectivity index (χ2v) is 34.5. The molecule has 0 unspecified atom stereocenters. The number of benzene rings is 19. The van der Waals surface area contributed by atoms with Gasteiger partial charge in [0.1, 0.15) is 11.2 Å². The molecule has 23 aromatic rings. The predicted octanol–water partition coefficient (Wildman–Crippen LogP) is 31.1. The summed E-state index contributed by atoms with van der Waals surface area (Å²) in [5.41, 5.74) is 32.5. The van der Waals surface area contributed by atoms with E-state index in [1.165, 1.54) is 86.9 Å². The third-order valence-corrected chi connectivity index (χ3v) is 27.2. The molecule has 0 saturated heterocycles. The molecule has 4 aromatic heterocycles. The predicted molar refractivity (Wildman–Crippen MR) is 534 cm³/mol. The molecule has 0 N–H and O–H groups in total. The third-order valence-electron chi connectivity index (χ3n) is 26.1. The van der Waals surface area contributed by atoms with Gasteiger partial charge in [-0.3, -0.25) is 0 Å². The van der Waals surface area contributed by atoms with Crippen molar-refractivity contribution in [3.8, 4) is 146 Å². The second kappa shape index (κ2) is 32.3. The molecule has 7 nitrogen and oxygen atoms in total. The van der Waals surface area contributed by atoms with Gasteiger partial charge in [0.15, 0.2) is 34.9 Å². The minimum atomic E-state index is -0.534. The van der Waals surface area contributed by atoms with E-state index in [9.17, 15) is 0 Å². The highest BCUT2D eigenvalue weighted by molar-refractivity contribution is 7.25. The zero-order valence-corrected chi connectivity index (χ0v) is 71.3. The summed E-state index contributed by atoms with van der Waals surface area (Å²) in [5.74, 6) is 3.71. The smallest absolute Gasteiger partial charge is 0.164 e. The Balaban J connectivity index is 0.000000145. The van der Waals surface area contributed by atoms with Crippen LogP contribution >= 0.6 is 11.3 Å². The first-order valence-corrected chi connectivity index (χ1v) is 44.9. The minimum absolute atomic E-state index is 0.475. The lowest BCUT2D eigenvalue weighted by Crippen LogP contribution is -2.28. The van der Waals surface area contributed by atoms with Crippen molar-refractivity contribution in [1.82, 2.24) is 29.9 Å².